The maximum absolute atomic E-state index is 5.47. The molecule has 1 fully saturated rings. The van der Waals surface area contributed by atoms with Crippen molar-refractivity contribution in [3.05, 3.63) is 35.4 Å². The fourth-order valence-electron chi connectivity index (χ4n) is 3.27. The predicted octanol–water partition coefficient (Wildman–Crippen LogP) is 1.86. The lowest BCUT2D eigenvalue weighted by molar-refractivity contribution is 0.0389. The van der Waals surface area contributed by atoms with Gasteiger partial charge in [0.05, 0.1) is 19.3 Å². The van der Waals surface area contributed by atoms with E-state index in [0.717, 1.165) is 50.9 Å². The van der Waals surface area contributed by atoms with Gasteiger partial charge in [-0.05, 0) is 42.6 Å². The molecule has 1 aliphatic carbocycles. The molecule has 120 valence electrons. The fourth-order valence-corrected chi connectivity index (χ4v) is 3.51. The molecule has 1 atom stereocenters. The van der Waals surface area contributed by atoms with Crippen molar-refractivity contribution in [3.63, 3.8) is 0 Å². The Kier molecular flexibility index (Phi) is 5.64. The van der Waals surface area contributed by atoms with E-state index in [1.54, 1.807) is 0 Å². The molecule has 1 saturated heterocycles. The highest BCUT2D eigenvalue weighted by Gasteiger charge is 2.20. The van der Waals surface area contributed by atoms with Crippen molar-refractivity contribution in [2.24, 2.45) is 0 Å². The van der Waals surface area contributed by atoms with Crippen LogP contribution in [-0.4, -0.2) is 49.4 Å². The average molecular weight is 319 g/mol. The standard InChI is InChI=1S/C17H25N3OS/c22-17(18-8-9-20-10-12-21-13-11-20)19-16-7-3-5-14-4-1-2-6-15(14)16/h1-2,4,6,16H,3,5,7-13H2,(H2,18,19,22)/t16-/m1/s1. The number of nitrogens with one attached hydrogen (secondary N) is 2. The van der Waals surface area contributed by atoms with E-state index in [1.165, 1.54) is 24.0 Å². The van der Waals surface area contributed by atoms with Crippen LogP contribution in [0.2, 0.25) is 0 Å². The van der Waals surface area contributed by atoms with Crippen molar-refractivity contribution < 1.29 is 4.74 Å². The van der Waals surface area contributed by atoms with E-state index in [0.29, 0.717) is 6.04 Å². The van der Waals surface area contributed by atoms with Gasteiger partial charge < -0.3 is 15.4 Å². The molecule has 22 heavy (non-hydrogen) atoms. The molecule has 1 aromatic rings. The van der Waals surface area contributed by atoms with E-state index in [4.69, 9.17) is 17.0 Å². The molecule has 3 rings (SSSR count). The number of hydrogen-bond donors (Lipinski definition) is 2. The van der Waals surface area contributed by atoms with Crippen molar-refractivity contribution >= 4 is 17.3 Å². The number of hydrogen-bond acceptors (Lipinski definition) is 3. The summed E-state index contributed by atoms with van der Waals surface area (Å²) in [7, 11) is 0. The lowest BCUT2D eigenvalue weighted by Crippen LogP contribution is -2.44. The van der Waals surface area contributed by atoms with Crippen LogP contribution in [0, 0.1) is 0 Å². The molecule has 2 N–H and O–H groups in total. The Bertz CT molecular complexity index is 502. The lowest BCUT2D eigenvalue weighted by Gasteiger charge is -2.29. The maximum atomic E-state index is 5.47. The summed E-state index contributed by atoms with van der Waals surface area (Å²) in [6.07, 6.45) is 3.57. The maximum Gasteiger partial charge on any atom is 0.166 e. The van der Waals surface area contributed by atoms with Crippen molar-refractivity contribution in [2.75, 3.05) is 39.4 Å². The Hall–Kier alpha value is -1.17. The second-order valence-corrected chi connectivity index (χ2v) is 6.41. The van der Waals surface area contributed by atoms with Crippen molar-refractivity contribution in [3.8, 4) is 0 Å². The molecule has 0 spiro atoms. The largest absolute Gasteiger partial charge is 0.379 e. The SMILES string of the molecule is S=C(NCCN1CCOCC1)N[C@@H]1CCCc2ccccc21. The van der Waals surface area contributed by atoms with Crippen LogP contribution in [0.3, 0.4) is 0 Å². The van der Waals surface area contributed by atoms with Gasteiger partial charge in [-0.3, -0.25) is 4.90 Å². The number of aryl methyl sites for hydroxylation is 1. The van der Waals surface area contributed by atoms with E-state index in [1.807, 2.05) is 0 Å². The Labute approximate surface area is 138 Å². The van der Waals surface area contributed by atoms with Crippen molar-refractivity contribution in [1.82, 2.24) is 15.5 Å². The monoisotopic (exact) mass is 319 g/mol. The summed E-state index contributed by atoms with van der Waals surface area (Å²) in [6.45, 7) is 5.66. The molecule has 0 radical (unpaired) electrons. The highest BCUT2D eigenvalue weighted by Crippen LogP contribution is 2.29. The van der Waals surface area contributed by atoms with Gasteiger partial charge in [-0.25, -0.2) is 0 Å². The quantitative estimate of drug-likeness (QED) is 0.829. The van der Waals surface area contributed by atoms with Gasteiger partial charge >= 0.3 is 0 Å². The second kappa shape index (κ2) is 7.90. The Balaban J connectivity index is 1.44. The highest BCUT2D eigenvalue weighted by molar-refractivity contribution is 7.80. The Morgan fingerprint density at radius 3 is 2.95 bits per heavy atom. The van der Waals surface area contributed by atoms with Crippen LogP contribution in [0.15, 0.2) is 24.3 Å². The number of fused-ring (bicyclic) bond motifs is 1. The minimum Gasteiger partial charge on any atom is -0.379 e. The van der Waals surface area contributed by atoms with Crippen LogP contribution in [-0.2, 0) is 11.2 Å². The smallest absolute Gasteiger partial charge is 0.166 e. The van der Waals surface area contributed by atoms with Crippen LogP contribution < -0.4 is 10.6 Å². The van der Waals surface area contributed by atoms with Gasteiger partial charge in [-0.1, -0.05) is 24.3 Å². The van der Waals surface area contributed by atoms with Gasteiger partial charge in [0.25, 0.3) is 0 Å². The first-order chi connectivity index (χ1) is 10.8. The van der Waals surface area contributed by atoms with Crippen molar-refractivity contribution in [2.45, 2.75) is 25.3 Å². The van der Waals surface area contributed by atoms with E-state index in [-0.39, 0.29) is 0 Å². The van der Waals surface area contributed by atoms with Crippen LogP contribution in [0.25, 0.3) is 0 Å². The van der Waals surface area contributed by atoms with Crippen molar-refractivity contribution in [1.29, 1.82) is 0 Å². The number of rotatable bonds is 4. The topological polar surface area (TPSA) is 36.5 Å². The first-order valence-corrected chi connectivity index (χ1v) is 8.66. The zero-order valence-corrected chi connectivity index (χ0v) is 13.8. The number of ether oxygens (including phenoxy) is 1. The van der Waals surface area contributed by atoms with Crippen LogP contribution >= 0.6 is 12.2 Å². The number of morpholine rings is 1. The van der Waals surface area contributed by atoms with Gasteiger partial charge in [0, 0.05) is 26.2 Å². The molecule has 0 saturated carbocycles. The molecule has 0 amide bonds. The second-order valence-electron chi connectivity index (χ2n) is 6.00. The minimum atomic E-state index is 0.355. The molecule has 0 aromatic heterocycles. The van der Waals surface area contributed by atoms with Gasteiger partial charge in [-0.2, -0.15) is 0 Å². The lowest BCUT2D eigenvalue weighted by atomic mass is 9.88. The van der Waals surface area contributed by atoms with Gasteiger partial charge in [0.1, 0.15) is 0 Å². The Morgan fingerprint density at radius 2 is 2.09 bits per heavy atom. The highest BCUT2D eigenvalue weighted by atomic mass is 32.1. The van der Waals surface area contributed by atoms with E-state index in [2.05, 4.69) is 39.8 Å². The zero-order valence-electron chi connectivity index (χ0n) is 13.0. The summed E-state index contributed by atoms with van der Waals surface area (Å²) < 4.78 is 5.36. The minimum absolute atomic E-state index is 0.355. The molecule has 2 aliphatic rings. The summed E-state index contributed by atoms with van der Waals surface area (Å²) in [6, 6.07) is 9.06. The summed E-state index contributed by atoms with van der Waals surface area (Å²) in [5.74, 6) is 0. The zero-order chi connectivity index (χ0) is 15.2. The molecule has 1 aliphatic heterocycles. The average Bonchev–Trinajstić information content (AvgIpc) is 2.56. The molecule has 5 heteroatoms. The number of nitrogens with zero attached hydrogens (tertiary/aromatic N) is 1. The van der Waals surface area contributed by atoms with Gasteiger partial charge in [0.15, 0.2) is 5.11 Å². The molecule has 1 aromatic carbocycles. The van der Waals surface area contributed by atoms with Gasteiger partial charge in [-0.15, -0.1) is 0 Å². The van der Waals surface area contributed by atoms with Crippen LogP contribution in [0.5, 0.6) is 0 Å². The Morgan fingerprint density at radius 1 is 1.27 bits per heavy atom. The fraction of sp³-hybridized carbons (Fsp3) is 0.588. The number of benzene rings is 1. The summed E-state index contributed by atoms with van der Waals surface area (Å²) in [4.78, 5) is 2.41. The molecule has 0 bridgehead atoms. The van der Waals surface area contributed by atoms with Gasteiger partial charge in [0.2, 0.25) is 0 Å². The summed E-state index contributed by atoms with van der Waals surface area (Å²) in [5, 5.41) is 7.61. The molecular formula is C17H25N3OS. The molecular weight excluding hydrogens is 294 g/mol. The summed E-state index contributed by atoms with van der Waals surface area (Å²) in [5.41, 5.74) is 2.87. The van der Waals surface area contributed by atoms with Crippen LogP contribution in [0.1, 0.15) is 30.0 Å². The van der Waals surface area contributed by atoms with E-state index in [9.17, 15) is 0 Å². The van der Waals surface area contributed by atoms with E-state index >= 15 is 0 Å². The number of thiocarbonyl (C=S) groups is 1. The molecule has 0 unspecified atom stereocenters. The normalized spacial score (nSPS) is 21.9. The predicted molar refractivity (Wildman–Crippen MR) is 93.1 cm³/mol. The molecule has 1 heterocycles. The first-order valence-electron chi connectivity index (χ1n) is 8.25. The first kappa shape index (κ1) is 15.7. The third kappa shape index (κ3) is 4.18. The summed E-state index contributed by atoms with van der Waals surface area (Å²) >= 11 is 5.47. The third-order valence-electron chi connectivity index (χ3n) is 4.49. The van der Waals surface area contributed by atoms with Crippen LogP contribution in [0.4, 0.5) is 0 Å². The third-order valence-corrected chi connectivity index (χ3v) is 4.75. The van der Waals surface area contributed by atoms with E-state index < -0.39 is 0 Å². The molecule has 4 nitrogen and oxygen atoms in total.